The lowest BCUT2D eigenvalue weighted by Crippen LogP contribution is -2.00. The van der Waals surface area contributed by atoms with Crippen molar-refractivity contribution in [1.29, 1.82) is 0 Å². The van der Waals surface area contributed by atoms with Crippen LogP contribution >= 0.6 is 0 Å². The topological polar surface area (TPSA) is 55.0 Å². The fourth-order valence-corrected chi connectivity index (χ4v) is 2.33. The molecule has 0 saturated heterocycles. The number of aromatic nitrogens is 2. The number of aryl methyl sites for hydroxylation is 1. The molecule has 0 saturated carbocycles. The van der Waals surface area contributed by atoms with Crippen LogP contribution in [0, 0.1) is 6.92 Å². The third kappa shape index (κ3) is 1.95. The van der Waals surface area contributed by atoms with Gasteiger partial charge in [0.1, 0.15) is 5.65 Å². The van der Waals surface area contributed by atoms with Gasteiger partial charge in [-0.1, -0.05) is 12.1 Å². The zero-order valence-corrected chi connectivity index (χ0v) is 11.3. The Balaban J connectivity index is 2.07. The summed E-state index contributed by atoms with van der Waals surface area (Å²) in [5.74, 6) is -0.327. The number of benzene rings is 1. The molecule has 4 nitrogen and oxygen atoms in total. The molecule has 0 spiro atoms. The third-order valence-electron chi connectivity index (χ3n) is 3.42. The Bertz CT molecular complexity index is 773. The zero-order chi connectivity index (χ0) is 14.1. The Labute approximate surface area is 116 Å². The third-order valence-corrected chi connectivity index (χ3v) is 3.42. The Morgan fingerprint density at radius 1 is 1.20 bits per heavy atom. The Morgan fingerprint density at radius 2 is 1.95 bits per heavy atom. The van der Waals surface area contributed by atoms with E-state index >= 15 is 0 Å². The molecule has 0 fully saturated rings. The predicted molar refractivity (Wildman–Crippen MR) is 77.6 cm³/mol. The Morgan fingerprint density at radius 3 is 2.60 bits per heavy atom. The van der Waals surface area contributed by atoms with E-state index in [2.05, 4.69) is 16.9 Å². The van der Waals surface area contributed by atoms with E-state index in [1.54, 1.807) is 18.3 Å². The number of hydrogen-bond acceptors (Lipinski definition) is 3. The van der Waals surface area contributed by atoms with Crippen LogP contribution in [0.25, 0.3) is 22.3 Å². The molecule has 100 valence electrons. The molecule has 1 N–H and O–H groups in total. The quantitative estimate of drug-likeness (QED) is 0.724. The van der Waals surface area contributed by atoms with Crippen molar-refractivity contribution in [3.8, 4) is 11.3 Å². The van der Waals surface area contributed by atoms with Crippen molar-refractivity contribution in [2.45, 2.75) is 6.92 Å². The van der Waals surface area contributed by atoms with Crippen molar-refractivity contribution in [3.05, 3.63) is 53.7 Å². The van der Waals surface area contributed by atoms with Crippen LogP contribution in [0.1, 0.15) is 15.9 Å². The smallest absolute Gasteiger partial charge is 0.337 e. The van der Waals surface area contributed by atoms with Gasteiger partial charge in [-0.2, -0.15) is 0 Å². The van der Waals surface area contributed by atoms with E-state index in [1.165, 1.54) is 7.11 Å². The molecule has 4 heteroatoms. The molecule has 0 aliphatic rings. The summed E-state index contributed by atoms with van der Waals surface area (Å²) in [7, 11) is 1.38. The first kappa shape index (κ1) is 12.4. The minimum atomic E-state index is -0.327. The van der Waals surface area contributed by atoms with Crippen LogP contribution in [0.3, 0.4) is 0 Å². The number of fused-ring (bicyclic) bond motifs is 1. The average Bonchev–Trinajstić information content (AvgIpc) is 2.84. The molecule has 0 aliphatic carbocycles. The maximum atomic E-state index is 11.4. The second kappa shape index (κ2) is 4.81. The molecule has 0 bridgehead atoms. The first-order chi connectivity index (χ1) is 9.70. The van der Waals surface area contributed by atoms with Gasteiger partial charge in [-0.3, -0.25) is 0 Å². The number of rotatable bonds is 2. The van der Waals surface area contributed by atoms with Crippen molar-refractivity contribution < 1.29 is 9.53 Å². The number of carbonyl (C=O) groups is 1. The largest absolute Gasteiger partial charge is 0.465 e. The molecule has 2 heterocycles. The van der Waals surface area contributed by atoms with Crippen molar-refractivity contribution in [2.24, 2.45) is 0 Å². The second-order valence-electron chi connectivity index (χ2n) is 4.59. The number of carbonyl (C=O) groups excluding carboxylic acids is 1. The first-order valence-electron chi connectivity index (χ1n) is 6.33. The molecule has 0 unspecified atom stereocenters. The van der Waals surface area contributed by atoms with Gasteiger partial charge in [0.05, 0.1) is 18.4 Å². The normalized spacial score (nSPS) is 10.7. The van der Waals surface area contributed by atoms with Gasteiger partial charge in [-0.15, -0.1) is 0 Å². The van der Waals surface area contributed by atoms with Crippen molar-refractivity contribution >= 4 is 17.0 Å². The van der Waals surface area contributed by atoms with Gasteiger partial charge in [0, 0.05) is 11.6 Å². The van der Waals surface area contributed by atoms with E-state index in [-0.39, 0.29) is 5.97 Å². The summed E-state index contributed by atoms with van der Waals surface area (Å²) in [4.78, 5) is 19.1. The van der Waals surface area contributed by atoms with Gasteiger partial charge >= 0.3 is 5.97 Å². The van der Waals surface area contributed by atoms with Crippen LogP contribution in [0.5, 0.6) is 0 Å². The number of nitrogens with one attached hydrogen (secondary N) is 1. The summed E-state index contributed by atoms with van der Waals surface area (Å²) >= 11 is 0. The number of esters is 1. The standard InChI is InChI=1S/C16H14N2O2/c1-10-13-4-3-9-17-15(13)18-14(10)11-5-7-12(8-6-11)16(19)20-2/h3-9H,1-2H3,(H,17,18). The average molecular weight is 266 g/mol. The zero-order valence-electron chi connectivity index (χ0n) is 11.3. The number of hydrogen-bond donors (Lipinski definition) is 1. The lowest BCUT2D eigenvalue weighted by Gasteiger charge is -2.03. The summed E-state index contributed by atoms with van der Waals surface area (Å²) < 4.78 is 4.70. The fourth-order valence-electron chi connectivity index (χ4n) is 2.33. The highest BCUT2D eigenvalue weighted by atomic mass is 16.5. The number of nitrogens with zero attached hydrogens (tertiary/aromatic N) is 1. The highest BCUT2D eigenvalue weighted by Gasteiger charge is 2.11. The predicted octanol–water partition coefficient (Wildman–Crippen LogP) is 3.32. The highest BCUT2D eigenvalue weighted by molar-refractivity contribution is 5.91. The molecular weight excluding hydrogens is 252 g/mol. The van der Waals surface area contributed by atoms with Crippen LogP contribution in [-0.4, -0.2) is 23.0 Å². The van der Waals surface area contributed by atoms with E-state index in [9.17, 15) is 4.79 Å². The summed E-state index contributed by atoms with van der Waals surface area (Å²) in [5.41, 5.74) is 4.61. The maximum absolute atomic E-state index is 11.4. The molecule has 0 aliphatic heterocycles. The van der Waals surface area contributed by atoms with E-state index in [1.807, 2.05) is 24.3 Å². The maximum Gasteiger partial charge on any atom is 0.337 e. The van der Waals surface area contributed by atoms with Gasteiger partial charge in [0.15, 0.2) is 0 Å². The van der Waals surface area contributed by atoms with E-state index < -0.39 is 0 Å². The van der Waals surface area contributed by atoms with Crippen LogP contribution in [-0.2, 0) is 4.74 Å². The summed E-state index contributed by atoms with van der Waals surface area (Å²) in [5, 5.41) is 1.11. The molecular formula is C16H14N2O2. The van der Waals surface area contributed by atoms with Crippen LogP contribution < -0.4 is 0 Å². The van der Waals surface area contributed by atoms with Gasteiger partial charge < -0.3 is 9.72 Å². The first-order valence-corrected chi connectivity index (χ1v) is 6.33. The number of ether oxygens (including phenoxy) is 1. The lowest BCUT2D eigenvalue weighted by molar-refractivity contribution is 0.0601. The van der Waals surface area contributed by atoms with Gasteiger partial charge in [0.2, 0.25) is 0 Å². The van der Waals surface area contributed by atoms with Gasteiger partial charge in [0.25, 0.3) is 0 Å². The number of pyridine rings is 1. The van der Waals surface area contributed by atoms with Gasteiger partial charge in [-0.05, 0) is 42.3 Å². The van der Waals surface area contributed by atoms with Crippen LogP contribution in [0.4, 0.5) is 0 Å². The summed E-state index contributed by atoms with van der Waals surface area (Å²) in [6, 6.07) is 11.3. The number of aromatic amines is 1. The SMILES string of the molecule is COC(=O)c1ccc(-c2[nH]c3ncccc3c2C)cc1. The molecule has 0 atom stereocenters. The molecule has 2 aromatic heterocycles. The molecule has 0 radical (unpaired) electrons. The Kier molecular flexibility index (Phi) is 2.99. The Hall–Kier alpha value is -2.62. The summed E-state index contributed by atoms with van der Waals surface area (Å²) in [6.45, 7) is 2.06. The summed E-state index contributed by atoms with van der Waals surface area (Å²) in [6.07, 6.45) is 1.77. The van der Waals surface area contributed by atoms with Crippen molar-refractivity contribution in [3.63, 3.8) is 0 Å². The molecule has 1 aromatic carbocycles. The fraction of sp³-hybridized carbons (Fsp3) is 0.125. The molecule has 20 heavy (non-hydrogen) atoms. The van der Waals surface area contributed by atoms with Crippen molar-refractivity contribution in [1.82, 2.24) is 9.97 Å². The van der Waals surface area contributed by atoms with Gasteiger partial charge in [-0.25, -0.2) is 9.78 Å². The van der Waals surface area contributed by atoms with E-state index in [0.717, 1.165) is 27.9 Å². The number of methoxy groups -OCH3 is 1. The van der Waals surface area contributed by atoms with Crippen molar-refractivity contribution in [2.75, 3.05) is 7.11 Å². The monoisotopic (exact) mass is 266 g/mol. The van der Waals surface area contributed by atoms with Crippen LogP contribution in [0.2, 0.25) is 0 Å². The number of H-pyrrole nitrogens is 1. The highest BCUT2D eigenvalue weighted by Crippen LogP contribution is 2.28. The molecule has 3 rings (SSSR count). The molecule has 0 amide bonds. The second-order valence-corrected chi connectivity index (χ2v) is 4.59. The minimum Gasteiger partial charge on any atom is -0.465 e. The molecule has 3 aromatic rings. The lowest BCUT2D eigenvalue weighted by atomic mass is 10.1. The van der Waals surface area contributed by atoms with E-state index in [0.29, 0.717) is 5.56 Å². The minimum absolute atomic E-state index is 0.327. The van der Waals surface area contributed by atoms with E-state index in [4.69, 9.17) is 4.74 Å². The van der Waals surface area contributed by atoms with Crippen LogP contribution in [0.15, 0.2) is 42.6 Å².